The van der Waals surface area contributed by atoms with E-state index >= 15 is 0 Å². The summed E-state index contributed by atoms with van der Waals surface area (Å²) in [6, 6.07) is 29.1. The summed E-state index contributed by atoms with van der Waals surface area (Å²) >= 11 is 1.48. The number of amides is 1. The Morgan fingerprint density at radius 3 is 2.13 bits per heavy atom. The molecule has 5 nitrogen and oxygen atoms in total. The molecule has 5 aromatic rings. The third-order valence-corrected chi connectivity index (χ3v) is 8.00. The molecular weight excluding hydrogens is 492 g/mol. The second-order valence-electron chi connectivity index (χ2n) is 9.41. The van der Waals surface area contributed by atoms with Crippen molar-refractivity contribution in [2.24, 2.45) is 0 Å². The van der Waals surface area contributed by atoms with E-state index in [0.717, 1.165) is 42.1 Å². The van der Waals surface area contributed by atoms with Crippen molar-refractivity contribution >= 4 is 43.1 Å². The van der Waals surface area contributed by atoms with Crippen molar-refractivity contribution in [3.63, 3.8) is 0 Å². The predicted octanol–water partition coefficient (Wildman–Crippen LogP) is 6.39. The molecule has 0 bridgehead atoms. The molecule has 1 heterocycles. The molecule has 0 radical (unpaired) electrons. The standard InChI is InChI=1S/C32H30N2O3S/c1-34(21-19-23-12-16-25(37-2)17-13-23)20-18-22-10-14-24(15-11-22)33-32(36)28-8-5-7-27-30(35)26-6-3-4-9-29(26)38-31(27)28/h3-17H,18-21H2,1-2H3,(H,33,36). The van der Waals surface area contributed by atoms with Gasteiger partial charge in [-0.1, -0.05) is 42.5 Å². The number of nitrogens with one attached hydrogen (secondary N) is 1. The molecule has 38 heavy (non-hydrogen) atoms. The molecule has 5 rings (SSSR count). The average Bonchev–Trinajstić information content (AvgIpc) is 2.96. The second kappa shape index (κ2) is 11.6. The molecule has 4 aromatic carbocycles. The summed E-state index contributed by atoms with van der Waals surface area (Å²) in [5.74, 6) is 0.664. The molecule has 0 atom stereocenters. The minimum absolute atomic E-state index is 0.0395. The Kier molecular flexibility index (Phi) is 7.82. The van der Waals surface area contributed by atoms with Crippen LogP contribution < -0.4 is 15.5 Å². The van der Waals surface area contributed by atoms with E-state index in [0.29, 0.717) is 21.0 Å². The summed E-state index contributed by atoms with van der Waals surface area (Å²) in [6.45, 7) is 1.93. The number of rotatable bonds is 9. The Morgan fingerprint density at radius 1 is 0.816 bits per heavy atom. The van der Waals surface area contributed by atoms with E-state index in [4.69, 9.17) is 4.74 Å². The molecule has 0 unspecified atom stereocenters. The summed E-state index contributed by atoms with van der Waals surface area (Å²) in [6.07, 6.45) is 1.92. The molecule has 192 valence electrons. The maximum Gasteiger partial charge on any atom is 0.257 e. The van der Waals surface area contributed by atoms with Crippen molar-refractivity contribution in [2.45, 2.75) is 12.8 Å². The quantitative estimate of drug-likeness (QED) is 0.228. The maximum atomic E-state index is 13.2. The minimum Gasteiger partial charge on any atom is -0.497 e. The maximum absolute atomic E-state index is 13.2. The van der Waals surface area contributed by atoms with Gasteiger partial charge in [0.2, 0.25) is 0 Å². The summed E-state index contributed by atoms with van der Waals surface area (Å²) in [7, 11) is 3.82. The Hall–Kier alpha value is -4.00. The fourth-order valence-electron chi connectivity index (χ4n) is 4.50. The average molecular weight is 523 g/mol. The number of methoxy groups -OCH3 is 1. The van der Waals surface area contributed by atoms with Crippen molar-refractivity contribution in [3.05, 3.63) is 118 Å². The Morgan fingerprint density at radius 2 is 1.45 bits per heavy atom. The zero-order chi connectivity index (χ0) is 26.5. The fourth-order valence-corrected chi connectivity index (χ4v) is 5.68. The van der Waals surface area contributed by atoms with Crippen LogP contribution in [0.25, 0.3) is 20.2 Å². The van der Waals surface area contributed by atoms with Gasteiger partial charge in [-0.05, 0) is 79.5 Å². The van der Waals surface area contributed by atoms with Crippen LogP contribution >= 0.6 is 11.3 Å². The van der Waals surface area contributed by atoms with E-state index in [1.54, 1.807) is 25.3 Å². The number of nitrogens with zero attached hydrogens (tertiary/aromatic N) is 1. The predicted molar refractivity (Wildman–Crippen MR) is 158 cm³/mol. The highest BCUT2D eigenvalue weighted by molar-refractivity contribution is 7.24. The highest BCUT2D eigenvalue weighted by atomic mass is 32.1. The number of carbonyl (C=O) groups excluding carboxylic acids is 1. The van der Waals surface area contributed by atoms with Crippen molar-refractivity contribution in [1.29, 1.82) is 0 Å². The Balaban J connectivity index is 1.20. The van der Waals surface area contributed by atoms with Crippen LogP contribution in [0.2, 0.25) is 0 Å². The lowest BCUT2D eigenvalue weighted by Crippen LogP contribution is -2.23. The summed E-state index contributed by atoms with van der Waals surface area (Å²) in [5, 5.41) is 4.26. The largest absolute Gasteiger partial charge is 0.497 e. The van der Waals surface area contributed by atoms with E-state index < -0.39 is 0 Å². The number of carbonyl (C=O) groups is 1. The van der Waals surface area contributed by atoms with Crippen LogP contribution in [-0.2, 0) is 12.8 Å². The molecule has 1 N–H and O–H groups in total. The fraction of sp³-hybridized carbons (Fsp3) is 0.188. The van der Waals surface area contributed by atoms with Gasteiger partial charge >= 0.3 is 0 Å². The first-order valence-electron chi connectivity index (χ1n) is 12.7. The lowest BCUT2D eigenvalue weighted by molar-refractivity contribution is 0.102. The Bertz CT molecular complexity index is 1630. The van der Waals surface area contributed by atoms with Crippen LogP contribution in [0.1, 0.15) is 21.5 Å². The number of benzene rings is 4. The first-order chi connectivity index (χ1) is 18.5. The molecule has 1 aromatic heterocycles. The first kappa shape index (κ1) is 25.6. The van der Waals surface area contributed by atoms with Crippen LogP contribution in [0.4, 0.5) is 5.69 Å². The normalized spacial score (nSPS) is 11.2. The van der Waals surface area contributed by atoms with E-state index in [1.165, 1.54) is 22.5 Å². The van der Waals surface area contributed by atoms with Gasteiger partial charge < -0.3 is 15.0 Å². The van der Waals surface area contributed by atoms with Crippen LogP contribution in [0.3, 0.4) is 0 Å². The van der Waals surface area contributed by atoms with Gasteiger partial charge in [0.05, 0.1) is 17.4 Å². The SMILES string of the molecule is COc1ccc(CCN(C)CCc2ccc(NC(=O)c3cccc4c(=O)c5ccccc5sc34)cc2)cc1. The number of hydrogen-bond donors (Lipinski definition) is 1. The monoisotopic (exact) mass is 522 g/mol. The number of fused-ring (bicyclic) bond motifs is 2. The summed E-state index contributed by atoms with van der Waals surface area (Å²) in [4.78, 5) is 28.5. The van der Waals surface area contributed by atoms with Crippen molar-refractivity contribution in [2.75, 3.05) is 32.6 Å². The summed E-state index contributed by atoms with van der Waals surface area (Å²) in [5.41, 5.74) is 3.72. The molecule has 0 spiro atoms. The van der Waals surface area contributed by atoms with Gasteiger partial charge in [-0.2, -0.15) is 0 Å². The van der Waals surface area contributed by atoms with Crippen LogP contribution in [0.5, 0.6) is 5.75 Å². The van der Waals surface area contributed by atoms with Gasteiger partial charge in [-0.3, -0.25) is 9.59 Å². The van der Waals surface area contributed by atoms with Gasteiger partial charge in [0.25, 0.3) is 5.91 Å². The van der Waals surface area contributed by atoms with E-state index in [1.807, 2.05) is 48.5 Å². The number of hydrogen-bond acceptors (Lipinski definition) is 5. The highest BCUT2D eigenvalue weighted by Crippen LogP contribution is 2.28. The number of ether oxygens (including phenoxy) is 1. The van der Waals surface area contributed by atoms with Crippen LogP contribution in [0, 0.1) is 0 Å². The molecule has 0 saturated carbocycles. The second-order valence-corrected chi connectivity index (χ2v) is 10.5. The molecular formula is C32H30N2O3S. The van der Waals surface area contributed by atoms with E-state index in [-0.39, 0.29) is 11.3 Å². The third kappa shape index (κ3) is 5.77. The molecule has 6 heteroatoms. The molecule has 0 aliphatic heterocycles. The van der Waals surface area contributed by atoms with Gasteiger partial charge in [0.15, 0.2) is 5.43 Å². The van der Waals surface area contributed by atoms with Crippen molar-refractivity contribution in [3.8, 4) is 5.75 Å². The lowest BCUT2D eigenvalue weighted by Gasteiger charge is -2.17. The van der Waals surface area contributed by atoms with Crippen LogP contribution in [-0.4, -0.2) is 38.1 Å². The topological polar surface area (TPSA) is 58.6 Å². The zero-order valence-corrected chi connectivity index (χ0v) is 22.4. The molecule has 0 aliphatic rings. The summed E-state index contributed by atoms with van der Waals surface area (Å²) < 4.78 is 6.81. The number of likely N-dealkylation sites (N-methyl/N-ethyl adjacent to an activating group) is 1. The van der Waals surface area contributed by atoms with Gasteiger partial charge in [-0.15, -0.1) is 11.3 Å². The smallest absolute Gasteiger partial charge is 0.257 e. The lowest BCUT2D eigenvalue weighted by atomic mass is 10.1. The van der Waals surface area contributed by atoms with Gasteiger partial charge in [-0.25, -0.2) is 0 Å². The van der Waals surface area contributed by atoms with Crippen molar-refractivity contribution in [1.82, 2.24) is 4.90 Å². The highest BCUT2D eigenvalue weighted by Gasteiger charge is 2.14. The third-order valence-electron chi connectivity index (χ3n) is 6.78. The van der Waals surface area contributed by atoms with E-state index in [9.17, 15) is 9.59 Å². The van der Waals surface area contributed by atoms with Crippen LogP contribution in [0.15, 0.2) is 95.8 Å². The molecule has 0 saturated heterocycles. The number of anilines is 1. The minimum atomic E-state index is -0.215. The van der Waals surface area contributed by atoms with Gasteiger partial charge in [0.1, 0.15) is 5.75 Å². The van der Waals surface area contributed by atoms with Crippen molar-refractivity contribution < 1.29 is 9.53 Å². The molecule has 0 aliphatic carbocycles. The van der Waals surface area contributed by atoms with E-state index in [2.05, 4.69) is 41.5 Å². The van der Waals surface area contributed by atoms with Gasteiger partial charge in [0, 0.05) is 34.2 Å². The zero-order valence-electron chi connectivity index (χ0n) is 21.6. The Labute approximate surface area is 226 Å². The molecule has 1 amide bonds. The molecule has 0 fully saturated rings. The first-order valence-corrected chi connectivity index (χ1v) is 13.5.